The Bertz CT molecular complexity index is 1260. The predicted molar refractivity (Wildman–Crippen MR) is 120 cm³/mol. The van der Waals surface area contributed by atoms with Gasteiger partial charge in [0, 0.05) is 18.6 Å². The molecule has 0 atom stereocenters. The summed E-state index contributed by atoms with van der Waals surface area (Å²) in [5, 5.41) is 4.99. The molecule has 3 aromatic rings. The van der Waals surface area contributed by atoms with Crippen LogP contribution < -0.4 is 16.4 Å². The lowest BCUT2D eigenvalue weighted by atomic mass is 9.73. The second kappa shape index (κ2) is 9.11. The molecule has 0 unspecified atom stereocenters. The zero-order chi connectivity index (χ0) is 23.6. The zero-order valence-corrected chi connectivity index (χ0v) is 18.4. The first-order valence-corrected chi connectivity index (χ1v) is 10.8. The van der Waals surface area contributed by atoms with Crippen LogP contribution >= 0.6 is 0 Å². The minimum atomic E-state index is -1.04. The fraction of sp³-hybridized carbons (Fsp3) is 0.333. The molecular formula is C24H25FN4O4. The quantitative estimate of drug-likeness (QED) is 0.593. The topological polar surface area (TPSA) is 102 Å². The highest BCUT2D eigenvalue weighted by Gasteiger charge is 2.42. The van der Waals surface area contributed by atoms with E-state index in [-0.39, 0.29) is 17.3 Å². The smallest absolute Gasteiger partial charge is 0.290 e. The lowest BCUT2D eigenvalue weighted by Gasteiger charge is -2.36. The highest BCUT2D eigenvalue weighted by atomic mass is 19.1. The van der Waals surface area contributed by atoms with Crippen molar-refractivity contribution in [2.45, 2.75) is 38.1 Å². The van der Waals surface area contributed by atoms with E-state index in [2.05, 4.69) is 16.0 Å². The van der Waals surface area contributed by atoms with E-state index < -0.39 is 23.0 Å². The van der Waals surface area contributed by atoms with Gasteiger partial charge in [-0.25, -0.2) is 9.07 Å². The summed E-state index contributed by atoms with van der Waals surface area (Å²) in [5.41, 5.74) is 4.13. The van der Waals surface area contributed by atoms with Crippen molar-refractivity contribution in [1.82, 2.24) is 20.6 Å². The number of halogens is 1. The molecule has 1 saturated heterocycles. The van der Waals surface area contributed by atoms with Crippen LogP contribution in [0.2, 0.25) is 0 Å². The number of ether oxygens (including phenoxy) is 1. The zero-order valence-electron chi connectivity index (χ0n) is 18.4. The molecule has 0 radical (unpaired) electrons. The third-order valence-corrected chi connectivity index (χ3v) is 5.98. The van der Waals surface area contributed by atoms with Crippen molar-refractivity contribution < 1.29 is 18.7 Å². The van der Waals surface area contributed by atoms with Crippen LogP contribution in [-0.2, 0) is 14.9 Å². The lowest BCUT2D eigenvalue weighted by Crippen LogP contribution is -2.53. The number of carbonyl (C=O) groups excluding carboxylic acids is 2. The summed E-state index contributed by atoms with van der Waals surface area (Å²) in [6, 6.07) is 12.3. The molecule has 0 spiro atoms. The van der Waals surface area contributed by atoms with Crippen molar-refractivity contribution in [3.8, 4) is 0 Å². The van der Waals surface area contributed by atoms with Gasteiger partial charge >= 0.3 is 0 Å². The largest absolute Gasteiger partial charge is 0.381 e. The van der Waals surface area contributed by atoms with E-state index in [1.54, 1.807) is 50.2 Å². The summed E-state index contributed by atoms with van der Waals surface area (Å²) in [6.45, 7) is 4.26. The van der Waals surface area contributed by atoms with Crippen LogP contribution in [0.25, 0.3) is 10.8 Å². The Morgan fingerprint density at radius 2 is 1.76 bits per heavy atom. The van der Waals surface area contributed by atoms with E-state index >= 15 is 0 Å². The van der Waals surface area contributed by atoms with Gasteiger partial charge in [-0.05, 0) is 50.5 Å². The molecule has 0 bridgehead atoms. The number of carbonyl (C=O) groups is 2. The van der Waals surface area contributed by atoms with Gasteiger partial charge in [0.2, 0.25) is 5.91 Å². The molecule has 1 fully saturated rings. The Kier molecular flexibility index (Phi) is 6.24. The fourth-order valence-corrected chi connectivity index (χ4v) is 4.17. The number of aromatic nitrogens is 2. The van der Waals surface area contributed by atoms with Crippen molar-refractivity contribution >= 4 is 22.6 Å². The third kappa shape index (κ3) is 4.23. The molecular weight excluding hydrogens is 427 g/mol. The number of benzene rings is 2. The van der Waals surface area contributed by atoms with Crippen molar-refractivity contribution in [2.24, 2.45) is 0 Å². The molecule has 1 aliphatic heterocycles. The van der Waals surface area contributed by atoms with Crippen LogP contribution in [0.5, 0.6) is 0 Å². The van der Waals surface area contributed by atoms with E-state index in [0.29, 0.717) is 42.4 Å². The van der Waals surface area contributed by atoms with E-state index in [0.717, 1.165) is 0 Å². The molecule has 172 valence electrons. The van der Waals surface area contributed by atoms with Crippen LogP contribution in [0.15, 0.2) is 53.3 Å². The molecule has 8 nitrogen and oxygen atoms in total. The molecule has 2 amide bonds. The van der Waals surface area contributed by atoms with Gasteiger partial charge in [-0.15, -0.1) is 0 Å². The number of nitrogens with zero attached hydrogens (tertiary/aromatic N) is 2. The predicted octanol–water partition coefficient (Wildman–Crippen LogP) is 2.63. The Balaban J connectivity index is 1.63. The number of hydrogen-bond acceptors (Lipinski definition) is 5. The SMILES string of the molecule is CC(C)n1nc(C(=O)NNC(=O)C2(c3cccc(F)c3)CCOCC2)c2ccccc2c1=O. The van der Waals surface area contributed by atoms with Gasteiger partial charge in [0.05, 0.1) is 16.8 Å². The van der Waals surface area contributed by atoms with Crippen molar-refractivity contribution in [3.63, 3.8) is 0 Å². The summed E-state index contributed by atoms with van der Waals surface area (Å²) in [6.07, 6.45) is 0.690. The van der Waals surface area contributed by atoms with E-state index in [1.807, 2.05) is 0 Å². The standard InChI is InChI=1S/C24H25FN4O4/c1-15(2)29-22(31)19-9-4-3-8-18(19)20(28-29)21(30)26-27-23(32)24(10-12-33-13-11-24)16-6-5-7-17(25)14-16/h3-9,14-15H,10-13H2,1-2H3,(H,26,30)(H,27,32). The maximum Gasteiger partial charge on any atom is 0.290 e. The van der Waals surface area contributed by atoms with Crippen molar-refractivity contribution in [3.05, 3.63) is 76.0 Å². The molecule has 2 aromatic carbocycles. The molecule has 4 rings (SSSR count). The molecule has 2 N–H and O–H groups in total. The normalized spacial score (nSPS) is 15.4. The van der Waals surface area contributed by atoms with Crippen LogP contribution in [0.1, 0.15) is 48.8 Å². The lowest BCUT2D eigenvalue weighted by molar-refractivity contribution is -0.131. The molecule has 1 aromatic heterocycles. The van der Waals surface area contributed by atoms with Gasteiger partial charge in [-0.1, -0.05) is 30.3 Å². The van der Waals surface area contributed by atoms with Gasteiger partial charge in [0.15, 0.2) is 5.69 Å². The molecule has 2 heterocycles. The molecule has 1 aliphatic rings. The minimum Gasteiger partial charge on any atom is -0.381 e. The summed E-state index contributed by atoms with van der Waals surface area (Å²) in [5.74, 6) is -1.57. The van der Waals surface area contributed by atoms with Gasteiger partial charge in [-0.3, -0.25) is 25.2 Å². The van der Waals surface area contributed by atoms with Crippen molar-refractivity contribution in [2.75, 3.05) is 13.2 Å². The average molecular weight is 452 g/mol. The summed E-state index contributed by atoms with van der Waals surface area (Å²) >= 11 is 0. The van der Waals surface area contributed by atoms with Crippen LogP contribution in [-0.4, -0.2) is 34.8 Å². The van der Waals surface area contributed by atoms with E-state index in [1.165, 1.54) is 16.8 Å². The fourth-order valence-electron chi connectivity index (χ4n) is 4.17. The van der Waals surface area contributed by atoms with Gasteiger partial charge in [0.25, 0.3) is 11.5 Å². The summed E-state index contributed by atoms with van der Waals surface area (Å²) in [4.78, 5) is 39.0. The Hall–Kier alpha value is -3.59. The Morgan fingerprint density at radius 3 is 2.42 bits per heavy atom. The van der Waals surface area contributed by atoms with E-state index in [4.69, 9.17) is 4.74 Å². The number of amides is 2. The molecule has 0 aliphatic carbocycles. The van der Waals surface area contributed by atoms with Crippen LogP contribution in [0, 0.1) is 5.82 Å². The molecule has 0 saturated carbocycles. The van der Waals surface area contributed by atoms with Gasteiger partial charge < -0.3 is 4.74 Å². The number of hydrazine groups is 1. The van der Waals surface area contributed by atoms with Crippen LogP contribution in [0.3, 0.4) is 0 Å². The molecule has 33 heavy (non-hydrogen) atoms. The minimum absolute atomic E-state index is 0.0194. The van der Waals surface area contributed by atoms with Gasteiger partial charge in [-0.2, -0.15) is 5.10 Å². The number of hydrogen-bond donors (Lipinski definition) is 2. The number of fused-ring (bicyclic) bond motifs is 1. The summed E-state index contributed by atoms with van der Waals surface area (Å²) < 4.78 is 20.6. The Labute approximate surface area is 189 Å². The second-order valence-electron chi connectivity index (χ2n) is 8.35. The van der Waals surface area contributed by atoms with Crippen molar-refractivity contribution in [1.29, 1.82) is 0 Å². The summed E-state index contributed by atoms with van der Waals surface area (Å²) in [7, 11) is 0. The first-order chi connectivity index (χ1) is 15.8. The highest BCUT2D eigenvalue weighted by molar-refractivity contribution is 6.05. The second-order valence-corrected chi connectivity index (χ2v) is 8.35. The first kappa shape index (κ1) is 22.6. The first-order valence-electron chi connectivity index (χ1n) is 10.8. The Morgan fingerprint density at radius 1 is 1.06 bits per heavy atom. The average Bonchev–Trinajstić information content (AvgIpc) is 2.83. The highest BCUT2D eigenvalue weighted by Crippen LogP contribution is 2.35. The van der Waals surface area contributed by atoms with E-state index in [9.17, 15) is 18.8 Å². The number of rotatable bonds is 4. The van der Waals surface area contributed by atoms with Crippen LogP contribution in [0.4, 0.5) is 4.39 Å². The molecule has 9 heteroatoms. The monoisotopic (exact) mass is 452 g/mol. The maximum atomic E-state index is 13.9. The number of nitrogens with one attached hydrogen (secondary N) is 2. The van der Waals surface area contributed by atoms with Gasteiger partial charge in [0.1, 0.15) is 5.82 Å². The third-order valence-electron chi connectivity index (χ3n) is 5.98. The maximum absolute atomic E-state index is 13.9.